The van der Waals surface area contributed by atoms with Gasteiger partial charge in [0.15, 0.2) is 10.3 Å². The number of amides is 6. The van der Waals surface area contributed by atoms with Gasteiger partial charge in [-0.15, -0.1) is 11.3 Å². The first-order valence-corrected chi connectivity index (χ1v) is 23.8. The molecule has 21 nitrogen and oxygen atoms in total. The molecule has 5 aromatic rings. The number of aryl methyl sites for hydroxylation is 4. The fraction of sp³-hybridized carbons (Fsp3) is 0.348. The monoisotopic (exact) mass is 1020 g/mol. The number of thiazole rings is 2. The van der Waals surface area contributed by atoms with Crippen LogP contribution in [0.25, 0.3) is 0 Å². The predicted molar refractivity (Wildman–Crippen MR) is 261 cm³/mol. The van der Waals surface area contributed by atoms with Crippen LogP contribution in [0.2, 0.25) is 0 Å². The van der Waals surface area contributed by atoms with Crippen LogP contribution in [0.3, 0.4) is 0 Å². The number of hydrogen-bond acceptors (Lipinski definition) is 18. The van der Waals surface area contributed by atoms with Crippen LogP contribution >= 0.6 is 34.0 Å². The average molecular weight is 1020 g/mol. The minimum absolute atomic E-state index is 0.126. The van der Waals surface area contributed by atoms with E-state index in [-0.39, 0.29) is 75.2 Å². The lowest BCUT2D eigenvalue weighted by atomic mass is 10.1. The van der Waals surface area contributed by atoms with Crippen LogP contribution in [-0.2, 0) is 46.2 Å². The minimum Gasteiger partial charge on any atom is -0.508 e. The van der Waals surface area contributed by atoms with Gasteiger partial charge in [0.1, 0.15) is 38.9 Å². The van der Waals surface area contributed by atoms with Crippen LogP contribution in [0.5, 0.6) is 11.5 Å². The van der Waals surface area contributed by atoms with E-state index in [2.05, 4.69) is 41.9 Å². The summed E-state index contributed by atoms with van der Waals surface area (Å²) < 4.78 is 14.6. The molecule has 0 bridgehead atoms. The van der Waals surface area contributed by atoms with Crippen molar-refractivity contribution in [3.05, 3.63) is 103 Å². The van der Waals surface area contributed by atoms with Gasteiger partial charge in [0.25, 0.3) is 17.7 Å². The van der Waals surface area contributed by atoms with Gasteiger partial charge in [0.05, 0.1) is 37.0 Å². The Labute approximate surface area is 414 Å². The molecular weight excluding hydrogens is 969 g/mol. The van der Waals surface area contributed by atoms with E-state index in [1.54, 1.807) is 94.6 Å². The summed E-state index contributed by atoms with van der Waals surface area (Å²) in [6.07, 6.45) is 0.423. The molecule has 0 unspecified atom stereocenters. The molecule has 5 rings (SSSR count). The lowest BCUT2D eigenvalue weighted by Crippen LogP contribution is -2.49. The molecule has 2 atom stereocenters. The summed E-state index contributed by atoms with van der Waals surface area (Å²) in [4.78, 5) is 108. The number of aromatic hydroxyl groups is 2. The van der Waals surface area contributed by atoms with E-state index in [9.17, 15) is 48.6 Å². The molecule has 0 saturated carbocycles. The largest absolute Gasteiger partial charge is 0.508 e. The highest BCUT2D eigenvalue weighted by molar-refractivity contribution is 7.18. The van der Waals surface area contributed by atoms with Crippen molar-refractivity contribution in [2.75, 3.05) is 37.9 Å². The molecule has 0 aliphatic carbocycles. The summed E-state index contributed by atoms with van der Waals surface area (Å²) in [6.45, 7) is 7.89. The highest BCUT2D eigenvalue weighted by Gasteiger charge is 2.28. The minimum atomic E-state index is -1.16. The van der Waals surface area contributed by atoms with Gasteiger partial charge in [0, 0.05) is 19.4 Å². The van der Waals surface area contributed by atoms with Gasteiger partial charge in [0.2, 0.25) is 11.8 Å². The van der Waals surface area contributed by atoms with E-state index in [1.807, 2.05) is 6.07 Å². The van der Waals surface area contributed by atoms with Gasteiger partial charge in [-0.25, -0.2) is 24.4 Å². The molecule has 0 aliphatic rings. The smallest absolute Gasteiger partial charge is 0.407 e. The van der Waals surface area contributed by atoms with E-state index in [4.69, 9.17) is 14.2 Å². The van der Waals surface area contributed by atoms with Gasteiger partial charge < -0.3 is 56.3 Å². The SMILES string of the molecule is COC(=O)[C@H](CNC(=O)OC(C)(C)C)NC(=O)c1sc(NC(=O)CCc2cccc(O)c2)nc1C.COC(=O)[C@H](CNC(=O)c1cccs1)NC(=O)c1sc(NC(=O)CCc2cccc(O)c2)nc1C. The van der Waals surface area contributed by atoms with Gasteiger partial charge in [-0.2, -0.15) is 0 Å². The van der Waals surface area contributed by atoms with Crippen molar-refractivity contribution in [1.29, 1.82) is 0 Å². The van der Waals surface area contributed by atoms with Gasteiger partial charge in [-0.3, -0.25) is 24.0 Å². The van der Waals surface area contributed by atoms with E-state index < -0.39 is 47.5 Å². The molecule has 24 heteroatoms. The van der Waals surface area contributed by atoms with Crippen LogP contribution in [0.15, 0.2) is 66.0 Å². The van der Waals surface area contributed by atoms with Crippen molar-refractivity contribution in [1.82, 2.24) is 31.2 Å². The number of carbonyl (C=O) groups is 8. The Morgan fingerprint density at radius 2 is 1.10 bits per heavy atom. The summed E-state index contributed by atoms with van der Waals surface area (Å²) in [6, 6.07) is 14.4. The number of anilines is 2. The number of phenolic OH excluding ortho intramolecular Hbond substituents is 2. The fourth-order valence-corrected chi connectivity index (χ4v) is 8.34. The number of thiophene rings is 1. The summed E-state index contributed by atoms with van der Waals surface area (Å²) in [5.74, 6) is -3.37. The molecule has 70 heavy (non-hydrogen) atoms. The highest BCUT2D eigenvalue weighted by atomic mass is 32.1. The summed E-state index contributed by atoms with van der Waals surface area (Å²) >= 11 is 3.18. The standard InChI is InChI=1S/C23H30N4O7S.C23H24N4O6S2/c1-13-18(19(30)26-16(20(31)33-5)12-24-22(32)34-23(2,3)4)35-21(25-13)27-17(29)10-9-14-7-6-8-15(28)11-14;1-13-19(35-23(25-13)27-18(29)9-8-14-5-3-6-15(28)11-14)21(31)26-16(22(32)33-2)12-24-20(30)17-7-4-10-34-17/h6-8,11,16,28H,9-10,12H2,1-5H3,(H,24,32)(H,26,30)(H,25,27,29);3-7,10-11,16,28H,8-9,12H2,1-2H3,(H,24,30)(H,26,31)(H,25,27,29)/t2*16-/m00/s1. The maximum atomic E-state index is 12.8. The van der Waals surface area contributed by atoms with Crippen molar-refractivity contribution >= 4 is 91.8 Å². The number of rotatable bonds is 19. The normalized spacial score (nSPS) is 11.6. The van der Waals surface area contributed by atoms with Crippen LogP contribution in [-0.4, -0.2) is 113 Å². The van der Waals surface area contributed by atoms with Crippen LogP contribution in [0, 0.1) is 13.8 Å². The average Bonchev–Trinajstić information content (AvgIpc) is 4.07. The molecule has 6 amide bonds. The summed E-state index contributed by atoms with van der Waals surface area (Å²) in [5, 5.41) is 36.7. The number of carbonyl (C=O) groups excluding carboxylic acids is 8. The second kappa shape index (κ2) is 26.4. The molecule has 374 valence electrons. The molecule has 0 spiro atoms. The molecule has 2 aromatic carbocycles. The number of nitrogens with zero attached hydrogens (tertiary/aromatic N) is 2. The first-order chi connectivity index (χ1) is 33.1. The van der Waals surface area contributed by atoms with Crippen molar-refractivity contribution < 1.29 is 62.8 Å². The van der Waals surface area contributed by atoms with Gasteiger partial charge >= 0.3 is 18.0 Å². The number of methoxy groups -OCH3 is 2. The van der Waals surface area contributed by atoms with Crippen LogP contribution < -0.4 is 31.9 Å². The first kappa shape index (κ1) is 55.2. The topological polar surface area (TPSA) is 303 Å². The third-order valence-electron chi connectivity index (χ3n) is 9.24. The maximum Gasteiger partial charge on any atom is 0.407 e. The van der Waals surface area contributed by atoms with Crippen molar-refractivity contribution in [3.8, 4) is 11.5 Å². The molecule has 8 N–H and O–H groups in total. The lowest BCUT2D eigenvalue weighted by molar-refractivity contribution is -0.143. The Morgan fingerprint density at radius 3 is 1.50 bits per heavy atom. The molecule has 0 fully saturated rings. The maximum absolute atomic E-state index is 12.8. The van der Waals surface area contributed by atoms with Crippen molar-refractivity contribution in [3.63, 3.8) is 0 Å². The Kier molecular flexibility index (Phi) is 20.8. The predicted octanol–water partition coefficient (Wildman–Crippen LogP) is 5.02. The Hall–Kier alpha value is -7.44. The molecular formula is C46H54N8O13S3. The number of aromatic nitrogens is 2. The fourth-order valence-electron chi connectivity index (χ4n) is 5.93. The van der Waals surface area contributed by atoms with E-state index in [0.717, 1.165) is 40.9 Å². The second-order valence-electron chi connectivity index (χ2n) is 16.0. The number of benzene rings is 2. The lowest BCUT2D eigenvalue weighted by Gasteiger charge is -2.21. The van der Waals surface area contributed by atoms with E-state index in [1.165, 1.54) is 18.4 Å². The Balaban J connectivity index is 0.000000305. The summed E-state index contributed by atoms with van der Waals surface area (Å²) in [7, 11) is 2.35. The molecule has 3 aromatic heterocycles. The number of esters is 2. The molecule has 0 radical (unpaired) electrons. The van der Waals surface area contributed by atoms with Crippen LogP contribution in [0.4, 0.5) is 15.1 Å². The highest BCUT2D eigenvalue weighted by Crippen LogP contribution is 2.25. The van der Waals surface area contributed by atoms with E-state index in [0.29, 0.717) is 29.1 Å². The second-order valence-corrected chi connectivity index (χ2v) is 18.9. The number of ether oxygens (including phenoxy) is 3. The van der Waals surface area contributed by atoms with E-state index >= 15 is 0 Å². The molecule has 3 heterocycles. The quantitative estimate of drug-likeness (QED) is 0.0398. The van der Waals surface area contributed by atoms with Gasteiger partial charge in [-0.05, 0) is 94.3 Å². The zero-order valence-corrected chi connectivity index (χ0v) is 41.7. The third-order valence-corrected chi connectivity index (χ3v) is 12.3. The van der Waals surface area contributed by atoms with Crippen molar-refractivity contribution in [2.24, 2.45) is 0 Å². The molecule has 0 aliphatic heterocycles. The molecule has 0 saturated heterocycles. The third kappa shape index (κ3) is 18.2. The summed E-state index contributed by atoms with van der Waals surface area (Å²) in [5.41, 5.74) is 1.64. The first-order valence-electron chi connectivity index (χ1n) is 21.3. The Morgan fingerprint density at radius 1 is 0.643 bits per heavy atom. The Bertz CT molecular complexity index is 2640. The number of phenols is 2. The zero-order valence-electron chi connectivity index (χ0n) is 39.3. The number of nitrogens with one attached hydrogen (secondary N) is 6. The number of hydrogen-bond donors (Lipinski definition) is 8. The van der Waals surface area contributed by atoms with Crippen LogP contribution in [0.1, 0.15) is 85.1 Å². The zero-order chi connectivity index (χ0) is 51.5. The van der Waals surface area contributed by atoms with Crippen molar-refractivity contribution in [2.45, 2.75) is 78.0 Å². The van der Waals surface area contributed by atoms with Gasteiger partial charge in [-0.1, -0.05) is 53.0 Å². The number of alkyl carbamates (subject to hydrolysis) is 1.